The van der Waals surface area contributed by atoms with Gasteiger partial charge in [-0.1, -0.05) is 30.3 Å². The zero-order valence-electron chi connectivity index (χ0n) is 17.1. The first-order chi connectivity index (χ1) is 14.6. The lowest BCUT2D eigenvalue weighted by Crippen LogP contribution is -2.54. The fourth-order valence-electron chi connectivity index (χ4n) is 4.17. The first-order valence-corrected chi connectivity index (χ1v) is 11.2. The number of hydrogen-bond donors (Lipinski definition) is 0. The van der Waals surface area contributed by atoms with Gasteiger partial charge in [0.05, 0.1) is 17.5 Å². The number of hydrogen-bond acceptors (Lipinski definition) is 5. The molecule has 4 rings (SSSR count). The number of para-hydroxylation sites is 2. The monoisotopic (exact) mass is 426 g/mol. The number of carbonyl (C=O) groups excluding carboxylic acids is 2. The molecule has 0 unspecified atom stereocenters. The number of ether oxygens (including phenoxy) is 2. The van der Waals surface area contributed by atoms with Crippen LogP contribution in [-0.2, 0) is 4.79 Å². The summed E-state index contributed by atoms with van der Waals surface area (Å²) in [7, 11) is 1.58. The molecule has 2 heterocycles. The van der Waals surface area contributed by atoms with Crippen LogP contribution in [0.4, 0.5) is 0 Å². The van der Waals surface area contributed by atoms with Crippen molar-refractivity contribution in [3.63, 3.8) is 0 Å². The Morgan fingerprint density at radius 2 is 1.70 bits per heavy atom. The van der Waals surface area contributed by atoms with Gasteiger partial charge in [-0.05, 0) is 37.1 Å². The third-order valence-corrected chi connectivity index (χ3v) is 7.31. The molecule has 0 N–H and O–H groups in total. The van der Waals surface area contributed by atoms with Crippen LogP contribution in [0.15, 0.2) is 54.6 Å². The van der Waals surface area contributed by atoms with E-state index in [1.807, 2.05) is 64.0 Å². The van der Waals surface area contributed by atoms with Crippen molar-refractivity contribution in [3.8, 4) is 11.5 Å². The molecule has 0 saturated carbocycles. The van der Waals surface area contributed by atoms with Gasteiger partial charge >= 0.3 is 0 Å². The van der Waals surface area contributed by atoms with Crippen molar-refractivity contribution >= 4 is 23.6 Å². The number of rotatable bonds is 5. The highest BCUT2D eigenvalue weighted by Gasteiger charge is 2.47. The van der Waals surface area contributed by atoms with Gasteiger partial charge in [0, 0.05) is 25.4 Å². The summed E-state index contributed by atoms with van der Waals surface area (Å²) in [5.74, 6) is 2.19. The van der Waals surface area contributed by atoms with Crippen molar-refractivity contribution in [1.29, 1.82) is 0 Å². The molecule has 30 heavy (non-hydrogen) atoms. The molecule has 0 aromatic heterocycles. The molecule has 2 amide bonds. The van der Waals surface area contributed by atoms with Crippen LogP contribution in [0.25, 0.3) is 0 Å². The van der Waals surface area contributed by atoms with Crippen LogP contribution in [0.2, 0.25) is 0 Å². The van der Waals surface area contributed by atoms with E-state index in [1.165, 1.54) is 0 Å². The van der Waals surface area contributed by atoms with Gasteiger partial charge < -0.3 is 19.3 Å². The van der Waals surface area contributed by atoms with Gasteiger partial charge in [-0.15, -0.1) is 11.8 Å². The summed E-state index contributed by atoms with van der Waals surface area (Å²) >= 11 is 1.83. The van der Waals surface area contributed by atoms with Gasteiger partial charge in [0.25, 0.3) is 11.8 Å². The van der Waals surface area contributed by atoms with Crippen molar-refractivity contribution in [1.82, 2.24) is 9.80 Å². The summed E-state index contributed by atoms with van der Waals surface area (Å²) in [4.78, 5) is 29.5. The average molecular weight is 427 g/mol. The summed E-state index contributed by atoms with van der Waals surface area (Å²) in [6, 6.07) is 16.7. The van der Waals surface area contributed by atoms with E-state index in [1.54, 1.807) is 19.2 Å². The third-order valence-electron chi connectivity index (χ3n) is 5.75. The number of likely N-dealkylation sites (tertiary alicyclic amines) is 1. The van der Waals surface area contributed by atoms with Crippen molar-refractivity contribution < 1.29 is 19.1 Å². The minimum atomic E-state index is -0.241. The molecule has 2 fully saturated rings. The summed E-state index contributed by atoms with van der Waals surface area (Å²) in [6.07, 6.45) is 1.52. The van der Waals surface area contributed by atoms with Gasteiger partial charge in [0.15, 0.2) is 6.61 Å². The Labute approximate surface area is 181 Å². The van der Waals surface area contributed by atoms with E-state index < -0.39 is 0 Å². The molecule has 0 aliphatic carbocycles. The van der Waals surface area contributed by atoms with Crippen LogP contribution >= 0.6 is 11.8 Å². The standard InChI is InChI=1S/C23H26N2O4S/c1-28-20-10-6-5-9-19(20)22(27)24-13-11-23(12-14-24)25(15-16-30-23)21(26)17-29-18-7-3-2-4-8-18/h2-10H,11-17H2,1H3. The Morgan fingerprint density at radius 1 is 1.00 bits per heavy atom. The van der Waals surface area contributed by atoms with Crippen molar-refractivity contribution in [3.05, 3.63) is 60.2 Å². The Hall–Kier alpha value is -2.67. The highest BCUT2D eigenvalue weighted by atomic mass is 32.2. The van der Waals surface area contributed by atoms with Crippen molar-refractivity contribution in [2.45, 2.75) is 17.7 Å². The summed E-state index contributed by atoms with van der Waals surface area (Å²) in [5, 5.41) is 0. The first kappa shape index (κ1) is 20.6. The average Bonchev–Trinajstić information content (AvgIpc) is 3.21. The number of benzene rings is 2. The number of carbonyl (C=O) groups is 2. The van der Waals surface area contributed by atoms with Crippen LogP contribution in [-0.4, -0.2) is 65.6 Å². The fourth-order valence-corrected chi connectivity index (χ4v) is 5.64. The second kappa shape index (κ2) is 9.00. The Morgan fingerprint density at radius 3 is 2.43 bits per heavy atom. The maximum Gasteiger partial charge on any atom is 0.261 e. The van der Waals surface area contributed by atoms with Crippen LogP contribution in [0.5, 0.6) is 11.5 Å². The Balaban J connectivity index is 1.38. The molecular formula is C23H26N2O4S. The lowest BCUT2D eigenvalue weighted by molar-refractivity contribution is -0.136. The van der Waals surface area contributed by atoms with Crippen LogP contribution in [0, 0.1) is 0 Å². The summed E-state index contributed by atoms with van der Waals surface area (Å²) in [5.41, 5.74) is 0.583. The first-order valence-electron chi connectivity index (χ1n) is 10.2. The highest BCUT2D eigenvalue weighted by molar-refractivity contribution is 8.00. The molecule has 6 nitrogen and oxygen atoms in total. The van der Waals surface area contributed by atoms with E-state index in [0.29, 0.717) is 30.2 Å². The molecule has 2 aliphatic rings. The number of amides is 2. The van der Waals surface area contributed by atoms with Crippen LogP contribution < -0.4 is 9.47 Å². The molecule has 2 aromatic carbocycles. The van der Waals surface area contributed by atoms with Crippen LogP contribution in [0.3, 0.4) is 0 Å². The SMILES string of the molecule is COc1ccccc1C(=O)N1CCC2(CC1)SCCN2C(=O)COc1ccccc1. The largest absolute Gasteiger partial charge is 0.496 e. The van der Waals surface area contributed by atoms with Gasteiger partial charge in [-0.25, -0.2) is 0 Å². The topological polar surface area (TPSA) is 59.1 Å². The molecule has 2 aromatic rings. The van der Waals surface area contributed by atoms with E-state index in [-0.39, 0.29) is 23.3 Å². The number of piperidine rings is 1. The van der Waals surface area contributed by atoms with E-state index in [9.17, 15) is 9.59 Å². The second-order valence-corrected chi connectivity index (χ2v) is 8.89. The molecule has 7 heteroatoms. The quantitative estimate of drug-likeness (QED) is 0.734. The lowest BCUT2D eigenvalue weighted by Gasteiger charge is -2.44. The Kier molecular flexibility index (Phi) is 6.18. The minimum absolute atomic E-state index is 0.00774. The molecule has 2 saturated heterocycles. The predicted molar refractivity (Wildman–Crippen MR) is 117 cm³/mol. The van der Waals surface area contributed by atoms with E-state index in [4.69, 9.17) is 9.47 Å². The van der Waals surface area contributed by atoms with Gasteiger partial charge in [0.1, 0.15) is 11.5 Å². The Bertz CT molecular complexity index is 897. The minimum Gasteiger partial charge on any atom is -0.496 e. The number of methoxy groups -OCH3 is 1. The van der Waals surface area contributed by atoms with E-state index >= 15 is 0 Å². The molecular weight excluding hydrogens is 400 g/mol. The molecule has 0 radical (unpaired) electrons. The zero-order valence-corrected chi connectivity index (χ0v) is 17.9. The van der Waals surface area contributed by atoms with Gasteiger partial charge in [-0.3, -0.25) is 9.59 Å². The fraction of sp³-hybridized carbons (Fsp3) is 0.391. The number of nitrogens with zero attached hydrogens (tertiary/aromatic N) is 2. The van der Waals surface area contributed by atoms with Gasteiger partial charge in [-0.2, -0.15) is 0 Å². The third kappa shape index (κ3) is 4.12. The molecule has 1 spiro atoms. The van der Waals surface area contributed by atoms with E-state index in [2.05, 4.69) is 0 Å². The van der Waals surface area contributed by atoms with E-state index in [0.717, 1.165) is 25.1 Å². The molecule has 0 bridgehead atoms. The summed E-state index contributed by atoms with van der Waals surface area (Å²) in [6.45, 7) is 2.00. The molecule has 158 valence electrons. The lowest BCUT2D eigenvalue weighted by atomic mass is 10.0. The van der Waals surface area contributed by atoms with Crippen molar-refractivity contribution in [2.24, 2.45) is 0 Å². The number of thioether (sulfide) groups is 1. The molecule has 2 aliphatic heterocycles. The maximum absolute atomic E-state index is 13.0. The predicted octanol–water partition coefficient (Wildman–Crippen LogP) is 3.28. The maximum atomic E-state index is 13.0. The summed E-state index contributed by atoms with van der Waals surface area (Å²) < 4.78 is 11.0. The smallest absolute Gasteiger partial charge is 0.261 e. The van der Waals surface area contributed by atoms with Crippen molar-refractivity contribution in [2.75, 3.05) is 39.1 Å². The highest BCUT2D eigenvalue weighted by Crippen LogP contribution is 2.44. The van der Waals surface area contributed by atoms with Gasteiger partial charge in [0.2, 0.25) is 0 Å². The van der Waals surface area contributed by atoms with Crippen LogP contribution in [0.1, 0.15) is 23.2 Å². The normalized spacial score (nSPS) is 17.8. The molecule has 0 atom stereocenters. The second-order valence-electron chi connectivity index (χ2n) is 7.43. The zero-order chi connectivity index (χ0) is 21.0.